The highest BCUT2D eigenvalue weighted by Gasteiger charge is 2.32. The third kappa shape index (κ3) is 3.75. The van der Waals surface area contributed by atoms with Crippen LogP contribution in [0, 0.1) is 0 Å². The van der Waals surface area contributed by atoms with Crippen LogP contribution in [0.1, 0.15) is 16.7 Å². The van der Waals surface area contributed by atoms with Gasteiger partial charge in [0, 0.05) is 30.2 Å². The maximum absolute atomic E-state index is 13.3. The van der Waals surface area contributed by atoms with Crippen molar-refractivity contribution in [2.45, 2.75) is 18.9 Å². The number of nitrogens with two attached hydrogens (primary N) is 1. The van der Waals surface area contributed by atoms with E-state index in [9.17, 15) is 4.79 Å². The third-order valence-electron chi connectivity index (χ3n) is 5.68. The van der Waals surface area contributed by atoms with Crippen molar-refractivity contribution >= 4 is 17.5 Å². The van der Waals surface area contributed by atoms with E-state index in [1.165, 1.54) is 0 Å². The minimum Gasteiger partial charge on any atom is -0.454 e. The molecule has 0 fully saturated rings. The largest absolute Gasteiger partial charge is 0.454 e. The number of nitrogens with zero attached hydrogens (tertiary/aromatic N) is 3. The quantitative estimate of drug-likeness (QED) is 0.670. The monoisotopic (exact) mass is 413 g/mol. The Kier molecular flexibility index (Phi) is 5.09. The minimum absolute atomic E-state index is 0.0761. The molecule has 0 saturated heterocycles. The molecule has 0 spiro atoms. The lowest BCUT2D eigenvalue weighted by Crippen LogP contribution is -2.44. The standard InChI is InChI=1S/C24H23N5O2/c25-21(12-16-4-2-1-3-5-16)24(30)29-11-8-19-20(23-28-27-15-31-23)13-18(14-22(19)29)17-6-9-26-10-7-17/h1-7,9-10,13-14,21,27H,8,11-12,15,25H2. The van der Waals surface area contributed by atoms with Gasteiger partial charge in [-0.05, 0) is 59.4 Å². The van der Waals surface area contributed by atoms with Crippen molar-refractivity contribution in [3.63, 3.8) is 0 Å². The molecule has 2 aromatic carbocycles. The number of ether oxygens (including phenoxy) is 1. The van der Waals surface area contributed by atoms with E-state index in [1.54, 1.807) is 17.3 Å². The molecule has 7 nitrogen and oxygen atoms in total. The van der Waals surface area contributed by atoms with Gasteiger partial charge >= 0.3 is 0 Å². The Hall–Kier alpha value is -3.71. The molecule has 3 heterocycles. The molecule has 1 unspecified atom stereocenters. The van der Waals surface area contributed by atoms with Crippen LogP contribution in [0.5, 0.6) is 0 Å². The molecule has 3 aromatic rings. The summed E-state index contributed by atoms with van der Waals surface area (Å²) in [6.45, 7) is 0.929. The highest BCUT2D eigenvalue weighted by atomic mass is 16.5. The van der Waals surface area contributed by atoms with Gasteiger partial charge in [-0.15, -0.1) is 5.10 Å². The van der Waals surface area contributed by atoms with E-state index in [0.29, 0.717) is 25.6 Å². The van der Waals surface area contributed by atoms with E-state index < -0.39 is 6.04 Å². The molecule has 2 aliphatic heterocycles. The summed E-state index contributed by atoms with van der Waals surface area (Å²) in [6.07, 6.45) is 4.74. The minimum atomic E-state index is -0.608. The lowest BCUT2D eigenvalue weighted by atomic mass is 9.97. The van der Waals surface area contributed by atoms with Crippen LogP contribution in [-0.4, -0.2) is 36.1 Å². The number of hydrogen-bond donors (Lipinski definition) is 2. The fourth-order valence-corrected chi connectivity index (χ4v) is 4.17. The number of nitrogens with one attached hydrogen (secondary N) is 1. The van der Waals surface area contributed by atoms with Crippen molar-refractivity contribution in [1.29, 1.82) is 0 Å². The van der Waals surface area contributed by atoms with Gasteiger partial charge in [0.15, 0.2) is 6.73 Å². The number of anilines is 1. The van der Waals surface area contributed by atoms with Gasteiger partial charge in [0.05, 0.1) is 6.04 Å². The van der Waals surface area contributed by atoms with Gasteiger partial charge in [0.25, 0.3) is 0 Å². The van der Waals surface area contributed by atoms with Crippen LogP contribution in [0.25, 0.3) is 11.1 Å². The second-order valence-electron chi connectivity index (χ2n) is 7.66. The fourth-order valence-electron chi connectivity index (χ4n) is 4.17. The predicted octanol–water partition coefficient (Wildman–Crippen LogP) is 2.45. The van der Waals surface area contributed by atoms with E-state index >= 15 is 0 Å². The van der Waals surface area contributed by atoms with E-state index in [4.69, 9.17) is 10.5 Å². The number of carbonyl (C=O) groups excluding carboxylic acids is 1. The van der Waals surface area contributed by atoms with Crippen LogP contribution in [-0.2, 0) is 22.4 Å². The number of pyridine rings is 1. The second-order valence-corrected chi connectivity index (χ2v) is 7.66. The molecule has 1 aromatic heterocycles. The number of carbonyl (C=O) groups is 1. The molecule has 0 aliphatic carbocycles. The van der Waals surface area contributed by atoms with E-state index in [-0.39, 0.29) is 5.91 Å². The van der Waals surface area contributed by atoms with E-state index in [2.05, 4.69) is 27.6 Å². The number of aromatic nitrogens is 1. The molecular weight excluding hydrogens is 390 g/mol. The summed E-state index contributed by atoms with van der Waals surface area (Å²) in [5.74, 6) is 0.475. The number of benzene rings is 2. The van der Waals surface area contributed by atoms with Crippen molar-refractivity contribution < 1.29 is 9.53 Å². The summed E-state index contributed by atoms with van der Waals surface area (Å²) < 4.78 is 5.68. The highest BCUT2D eigenvalue weighted by molar-refractivity contribution is 6.04. The molecule has 1 amide bonds. The van der Waals surface area contributed by atoms with Crippen LogP contribution in [0.3, 0.4) is 0 Å². The molecular formula is C24H23N5O2. The van der Waals surface area contributed by atoms with Crippen LogP contribution < -0.4 is 16.1 Å². The van der Waals surface area contributed by atoms with Crippen LogP contribution >= 0.6 is 0 Å². The topological polar surface area (TPSA) is 92.8 Å². The Balaban J connectivity index is 1.51. The molecule has 156 valence electrons. The van der Waals surface area contributed by atoms with Gasteiger partial charge in [0.1, 0.15) is 0 Å². The van der Waals surface area contributed by atoms with Crippen LogP contribution in [0.4, 0.5) is 5.69 Å². The molecule has 0 bridgehead atoms. The maximum Gasteiger partial charge on any atom is 0.244 e. The molecule has 0 radical (unpaired) electrons. The van der Waals surface area contributed by atoms with Crippen molar-refractivity contribution in [3.8, 4) is 11.1 Å². The Morgan fingerprint density at radius 3 is 2.68 bits per heavy atom. The summed E-state index contributed by atoms with van der Waals surface area (Å²) in [7, 11) is 0. The average molecular weight is 413 g/mol. The van der Waals surface area contributed by atoms with Gasteiger partial charge in [-0.1, -0.05) is 30.3 Å². The second kappa shape index (κ2) is 8.20. The first-order chi connectivity index (χ1) is 15.2. The molecule has 1 atom stereocenters. The molecule has 2 aliphatic rings. The summed E-state index contributed by atoms with van der Waals surface area (Å²) in [6, 6.07) is 17.3. The Morgan fingerprint density at radius 1 is 1.13 bits per heavy atom. The van der Waals surface area contributed by atoms with E-state index in [1.807, 2.05) is 42.5 Å². The Labute approximate surface area is 180 Å². The predicted molar refractivity (Wildman–Crippen MR) is 119 cm³/mol. The van der Waals surface area contributed by atoms with Gasteiger partial charge in [-0.25, -0.2) is 0 Å². The first-order valence-corrected chi connectivity index (χ1v) is 10.3. The van der Waals surface area contributed by atoms with Crippen LogP contribution in [0.15, 0.2) is 72.1 Å². The van der Waals surface area contributed by atoms with Crippen molar-refractivity contribution in [2.24, 2.45) is 10.8 Å². The number of hydrogen-bond acceptors (Lipinski definition) is 6. The summed E-state index contributed by atoms with van der Waals surface area (Å²) in [5, 5.41) is 4.28. The normalized spacial score (nSPS) is 15.6. The summed E-state index contributed by atoms with van der Waals surface area (Å²) in [5.41, 5.74) is 15.1. The van der Waals surface area contributed by atoms with Gasteiger partial charge in [0.2, 0.25) is 11.8 Å². The number of hydrazone groups is 1. The smallest absolute Gasteiger partial charge is 0.244 e. The Bertz CT molecular complexity index is 1130. The van der Waals surface area contributed by atoms with Crippen molar-refractivity contribution in [2.75, 3.05) is 18.2 Å². The SMILES string of the molecule is NC(Cc1ccccc1)C(=O)N1CCc2c(C3=NNCO3)cc(-c3ccncc3)cc21. The number of rotatable bonds is 5. The first-order valence-electron chi connectivity index (χ1n) is 10.3. The molecule has 7 heteroatoms. The maximum atomic E-state index is 13.3. The van der Waals surface area contributed by atoms with Gasteiger partial charge in [-0.3, -0.25) is 15.2 Å². The summed E-state index contributed by atoms with van der Waals surface area (Å²) >= 11 is 0. The van der Waals surface area contributed by atoms with Crippen LogP contribution in [0.2, 0.25) is 0 Å². The van der Waals surface area contributed by atoms with Gasteiger partial charge < -0.3 is 15.4 Å². The number of fused-ring (bicyclic) bond motifs is 1. The first kappa shape index (κ1) is 19.3. The zero-order valence-corrected chi connectivity index (χ0v) is 17.0. The molecule has 3 N–H and O–H groups in total. The lowest BCUT2D eigenvalue weighted by Gasteiger charge is -2.23. The van der Waals surface area contributed by atoms with E-state index in [0.717, 1.165) is 39.9 Å². The third-order valence-corrected chi connectivity index (χ3v) is 5.68. The Morgan fingerprint density at radius 2 is 1.94 bits per heavy atom. The molecule has 0 saturated carbocycles. The highest BCUT2D eigenvalue weighted by Crippen LogP contribution is 2.37. The average Bonchev–Trinajstić information content (AvgIpc) is 3.49. The van der Waals surface area contributed by atoms with Crippen molar-refractivity contribution in [3.05, 3.63) is 83.7 Å². The van der Waals surface area contributed by atoms with Gasteiger partial charge in [-0.2, -0.15) is 0 Å². The fraction of sp³-hybridized carbons (Fsp3) is 0.208. The lowest BCUT2D eigenvalue weighted by molar-refractivity contribution is -0.119. The number of amides is 1. The summed E-state index contributed by atoms with van der Waals surface area (Å²) in [4.78, 5) is 19.2. The molecule has 5 rings (SSSR count). The van der Waals surface area contributed by atoms with Crippen molar-refractivity contribution in [1.82, 2.24) is 10.4 Å². The molecule has 31 heavy (non-hydrogen) atoms. The zero-order valence-electron chi connectivity index (χ0n) is 17.0. The zero-order chi connectivity index (χ0) is 21.2.